The van der Waals surface area contributed by atoms with E-state index in [-0.39, 0.29) is 0 Å². The van der Waals surface area contributed by atoms with Crippen LogP contribution in [0.5, 0.6) is 0 Å². The van der Waals surface area contributed by atoms with Gasteiger partial charge in [0.25, 0.3) is 0 Å². The van der Waals surface area contributed by atoms with Crippen LogP contribution in [0.1, 0.15) is 0 Å². The molecule has 1 heterocycles. The van der Waals surface area contributed by atoms with Gasteiger partial charge < -0.3 is 78.6 Å². The number of rotatable bonds is 11. The van der Waals surface area contributed by atoms with Gasteiger partial charge in [-0.2, -0.15) is 0 Å². The maximum atomic E-state index is 6.07. The Morgan fingerprint density at radius 3 is 0.798 bits per heavy atom. The van der Waals surface area contributed by atoms with Crippen molar-refractivity contribution >= 4 is 156 Å². The maximum Gasteiger partial charge on any atom is 0.0488 e. The summed E-state index contributed by atoms with van der Waals surface area (Å²) in [4.78, 5) is 14.8. The van der Waals surface area contributed by atoms with Crippen molar-refractivity contribution in [3.63, 3.8) is 0 Å². The van der Waals surface area contributed by atoms with Crippen LogP contribution >= 0.6 is 0 Å². The van der Waals surface area contributed by atoms with Crippen molar-refractivity contribution in [2.45, 2.75) is 0 Å². The Kier molecular flexibility index (Phi) is 25.9. The van der Waals surface area contributed by atoms with E-state index in [4.69, 9.17) is 34.4 Å². The molecule has 16 rings (SSSR count). The molecule has 15 nitrogen and oxygen atoms in total. The first-order valence-corrected chi connectivity index (χ1v) is 36.3. The van der Waals surface area contributed by atoms with E-state index in [0.717, 1.165) is 67.0 Å². The highest BCUT2D eigenvalue weighted by Gasteiger charge is 2.13. The van der Waals surface area contributed by atoms with Crippen molar-refractivity contribution in [1.82, 2.24) is 4.57 Å². The maximum absolute atomic E-state index is 6.07. The van der Waals surface area contributed by atoms with Gasteiger partial charge in [-0.3, -0.25) is 0 Å². The third-order valence-corrected chi connectivity index (χ3v) is 19.1. The van der Waals surface area contributed by atoms with Crippen molar-refractivity contribution in [2.24, 2.45) is 7.05 Å². The monoisotopic (exact) mass is 1440 g/mol. The van der Waals surface area contributed by atoms with E-state index in [1.165, 1.54) is 100.0 Å². The van der Waals surface area contributed by atoms with E-state index in [9.17, 15) is 0 Å². The molecular weight excluding hydrogens is 1340 g/mol. The molecule has 1 aromatic heterocycles. The predicted octanol–water partition coefficient (Wildman–Crippen LogP) is 20.6. The number of aromatic nitrogens is 1. The van der Waals surface area contributed by atoms with Gasteiger partial charge in [-0.25, -0.2) is 0 Å². The number of nitrogens with one attached hydrogen (secondary N) is 1. The highest BCUT2D eigenvalue weighted by molar-refractivity contribution is 6.27. The van der Waals surface area contributed by atoms with Crippen LogP contribution in [0.2, 0.25) is 0 Å². The quantitative estimate of drug-likeness (QED) is 0.0477. The fourth-order valence-electron chi connectivity index (χ4n) is 12.7. The van der Waals surface area contributed by atoms with Gasteiger partial charge >= 0.3 is 0 Å². The Bertz CT molecular complexity index is 5200. The molecule has 556 valence electrons. The molecule has 0 aliphatic rings. The Morgan fingerprint density at radius 1 is 0.229 bits per heavy atom. The molecule has 13 N–H and O–H groups in total. The van der Waals surface area contributed by atoms with Crippen molar-refractivity contribution in [1.29, 1.82) is 0 Å². The molecule has 0 atom stereocenters. The lowest BCUT2D eigenvalue weighted by atomic mass is 9.93. The lowest BCUT2D eigenvalue weighted by Gasteiger charge is -2.22. The molecule has 0 saturated carbocycles. The summed E-state index contributed by atoms with van der Waals surface area (Å²) in [7, 11) is 28.8. The van der Waals surface area contributed by atoms with E-state index in [0.29, 0.717) is 0 Å². The molecule has 109 heavy (non-hydrogen) atoms. The van der Waals surface area contributed by atoms with Gasteiger partial charge in [-0.1, -0.05) is 121 Å². The van der Waals surface area contributed by atoms with Crippen LogP contribution in [0, 0.1) is 0 Å². The summed E-state index contributed by atoms with van der Waals surface area (Å²) in [6.45, 7) is 0. The van der Waals surface area contributed by atoms with Gasteiger partial charge in [0.15, 0.2) is 0 Å². The molecule has 16 aromatic rings. The van der Waals surface area contributed by atoms with Crippen LogP contribution in [0.15, 0.2) is 303 Å². The molecule has 0 saturated heterocycles. The van der Waals surface area contributed by atoms with Crippen LogP contribution in [0.25, 0.3) is 76.0 Å². The van der Waals surface area contributed by atoms with Gasteiger partial charge in [0, 0.05) is 233 Å². The molecule has 0 bridgehead atoms. The van der Waals surface area contributed by atoms with Gasteiger partial charge in [0.1, 0.15) is 0 Å². The number of nitrogens with zero attached hydrogens (tertiary/aromatic N) is 8. The van der Waals surface area contributed by atoms with E-state index < -0.39 is 0 Å². The van der Waals surface area contributed by atoms with Gasteiger partial charge in [-0.05, 0) is 215 Å². The summed E-state index contributed by atoms with van der Waals surface area (Å²) >= 11 is 0. The van der Waals surface area contributed by atoms with Crippen molar-refractivity contribution < 1.29 is 0 Å². The Hall–Kier alpha value is -13.4. The number of hydrogen-bond acceptors (Lipinski definition) is 14. The van der Waals surface area contributed by atoms with Crippen LogP contribution in [0.4, 0.5) is 91.0 Å². The molecule has 0 radical (unpaired) electrons. The number of nitrogens with two attached hydrogens (primary N) is 6. The average Bonchev–Trinajstić information content (AvgIpc) is 1.35. The highest BCUT2D eigenvalue weighted by Crippen LogP contribution is 2.39. The summed E-state index contributed by atoms with van der Waals surface area (Å²) in [5.41, 5.74) is 56.1. The highest BCUT2D eigenvalue weighted by atomic mass is 15.1. The number of benzene rings is 15. The first kappa shape index (κ1) is 78.2. The zero-order chi connectivity index (χ0) is 78.0. The molecule has 0 spiro atoms. The number of para-hydroxylation sites is 2. The van der Waals surface area contributed by atoms with E-state index >= 15 is 0 Å². The molecule has 0 aliphatic heterocycles. The number of hydrogen-bond donors (Lipinski definition) is 7. The van der Waals surface area contributed by atoms with Gasteiger partial charge in [-0.15, -0.1) is 0 Å². The van der Waals surface area contributed by atoms with Gasteiger partial charge in [0.05, 0.1) is 0 Å². The minimum atomic E-state index is 0.749. The predicted molar refractivity (Wildman–Crippen MR) is 482 cm³/mol. The lowest BCUT2D eigenvalue weighted by Crippen LogP contribution is -2.12. The molecular formula is C94H105N15. The van der Waals surface area contributed by atoms with Crippen LogP contribution in [-0.2, 0) is 7.05 Å². The number of nitrogen functional groups attached to an aromatic ring is 6. The molecule has 0 fully saturated rings. The number of anilines is 16. The second-order valence-electron chi connectivity index (χ2n) is 28.1. The molecule has 15 heteroatoms. The second-order valence-corrected chi connectivity index (χ2v) is 28.1. The normalized spacial score (nSPS) is 10.5. The number of aryl methyl sites for hydroxylation is 1. The molecule has 15 aromatic carbocycles. The summed E-state index contributed by atoms with van der Waals surface area (Å²) in [6.07, 6.45) is 0. The third-order valence-electron chi connectivity index (χ3n) is 19.1. The van der Waals surface area contributed by atoms with E-state index in [2.05, 4.69) is 345 Å². The molecule has 0 amide bonds. The smallest absolute Gasteiger partial charge is 0.0488 e. The van der Waals surface area contributed by atoms with Gasteiger partial charge in [0.2, 0.25) is 0 Å². The fourth-order valence-corrected chi connectivity index (χ4v) is 12.7. The van der Waals surface area contributed by atoms with Crippen LogP contribution in [-0.4, -0.2) is 96.2 Å². The van der Waals surface area contributed by atoms with Crippen molar-refractivity contribution in [3.05, 3.63) is 303 Å². The molecule has 0 aliphatic carbocycles. The largest absolute Gasteiger partial charge is 0.399 e. The summed E-state index contributed by atoms with van der Waals surface area (Å²) in [5, 5.41) is 15.2. The topological polar surface area (TPSA) is 196 Å². The van der Waals surface area contributed by atoms with Crippen LogP contribution in [0.3, 0.4) is 0 Å². The Morgan fingerprint density at radius 2 is 0.486 bits per heavy atom. The van der Waals surface area contributed by atoms with Crippen molar-refractivity contribution in [2.75, 3.05) is 166 Å². The summed E-state index contributed by atoms with van der Waals surface area (Å²) in [5.74, 6) is 0. The first-order chi connectivity index (χ1) is 52.3. The summed E-state index contributed by atoms with van der Waals surface area (Å²) < 4.78 is 2.24. The zero-order valence-electron chi connectivity index (χ0n) is 65.4. The Balaban J connectivity index is 0.000000137. The third kappa shape index (κ3) is 19.8. The summed E-state index contributed by atoms with van der Waals surface area (Å²) in [6, 6.07) is 103. The molecule has 0 unspecified atom stereocenters. The first-order valence-electron chi connectivity index (χ1n) is 36.3. The SMILES string of the molecule is CN(C)c1ccc(-c2ccc(N(C)C)cc2)cc1.CN(C)c1ccc(N(C)c2ccc(N(C)C)cc2)cc1.CN(C)c1ccc(Nc2ccc(N(C)C)cc2)cc1.Cn1c2ccccc2c2ccccc21.Nc1ccc(N)cc1.Nc1ccc2ccc3c(N)ccc4ccc1c2c43.Nc1cccc2c(N)cccc12. The van der Waals surface area contributed by atoms with Crippen LogP contribution < -0.4 is 74.0 Å². The minimum absolute atomic E-state index is 0.749. The minimum Gasteiger partial charge on any atom is -0.399 e. The van der Waals surface area contributed by atoms with E-state index in [1.807, 2.05) is 76.7 Å². The lowest BCUT2D eigenvalue weighted by molar-refractivity contribution is 1.01. The standard InChI is InChI=1S/C17H23N3.C16H21N3.C16H12N2.C16H20N2.C13H11N.C10H10N2.C6H8N2/c1-18(2)14-6-10-16(11-7-14)20(5)17-12-8-15(9-13-17)19(3)4;1-18(2)15-9-5-13(6-10-15)17-14-7-11-16(12-8-14)19(3)4;17-13-8-4-10-2-6-12-14(18)7-3-9-1-5-11(13)16(10)15(9)12;1-17(2)15-9-5-13(6-10-15)14-7-11-16(12-8-14)18(3)4;1-14-12-8-4-2-6-10(12)11-7-3-5-9-13(11)14;11-9-5-1-3-7-8(9)4-2-6-10(7)12;7-5-1-2-6(8)4-3-5/h6-13H,1-5H3;5-12,17H,1-4H3;1-8H,17-18H2;5-12H,1-4H3;2-9H,1H3;1-6H,11-12H2;1-4H,7-8H2. The fraction of sp³-hybridized carbons (Fsp3) is 0.149. The second kappa shape index (κ2) is 36.1. The zero-order valence-corrected chi connectivity index (χ0v) is 65.4. The average molecular weight is 1440 g/mol. The van der Waals surface area contributed by atoms with Crippen molar-refractivity contribution in [3.8, 4) is 11.1 Å². The number of fused-ring (bicyclic) bond motifs is 4. The van der Waals surface area contributed by atoms with E-state index in [1.54, 1.807) is 24.3 Å². The Labute approximate surface area is 643 Å².